The predicted molar refractivity (Wildman–Crippen MR) is 79.3 cm³/mol. The van der Waals surface area contributed by atoms with Crippen molar-refractivity contribution < 1.29 is 9.90 Å². The van der Waals surface area contributed by atoms with Crippen LogP contribution in [0.5, 0.6) is 5.75 Å². The van der Waals surface area contributed by atoms with Gasteiger partial charge in [-0.25, -0.2) is 0 Å². The molecule has 3 N–H and O–H groups in total. The van der Waals surface area contributed by atoms with Crippen LogP contribution in [-0.4, -0.2) is 17.6 Å². The van der Waals surface area contributed by atoms with Crippen molar-refractivity contribution in [2.45, 2.75) is 12.8 Å². The molecular weight excluding hydrogens is 252 g/mol. The van der Waals surface area contributed by atoms with Crippen LogP contribution in [-0.2, 0) is 6.42 Å². The number of carbonyl (C=O) groups excluding carboxylic acids is 1. The number of benzene rings is 2. The molecule has 2 aromatic carbocycles. The molecule has 1 amide bonds. The van der Waals surface area contributed by atoms with E-state index >= 15 is 0 Å². The van der Waals surface area contributed by atoms with Gasteiger partial charge in [0.25, 0.3) is 5.91 Å². The van der Waals surface area contributed by atoms with Crippen molar-refractivity contribution in [1.29, 1.82) is 0 Å². The lowest BCUT2D eigenvalue weighted by Crippen LogP contribution is -2.14. The van der Waals surface area contributed by atoms with Crippen LogP contribution in [0.3, 0.4) is 0 Å². The molecule has 0 saturated carbocycles. The highest BCUT2D eigenvalue weighted by molar-refractivity contribution is 6.04. The summed E-state index contributed by atoms with van der Waals surface area (Å²) in [6, 6.07) is 12.2. The topological polar surface area (TPSA) is 61.4 Å². The van der Waals surface area contributed by atoms with Crippen molar-refractivity contribution in [3.63, 3.8) is 0 Å². The third-order valence-corrected chi connectivity index (χ3v) is 3.41. The van der Waals surface area contributed by atoms with E-state index in [0.717, 1.165) is 30.8 Å². The van der Waals surface area contributed by atoms with Gasteiger partial charge >= 0.3 is 0 Å². The minimum absolute atomic E-state index is 0.0877. The predicted octanol–water partition coefficient (Wildman–Crippen LogP) is 3.00. The summed E-state index contributed by atoms with van der Waals surface area (Å²) in [7, 11) is 0. The lowest BCUT2D eigenvalue weighted by molar-refractivity contribution is 0.102. The monoisotopic (exact) mass is 268 g/mol. The summed E-state index contributed by atoms with van der Waals surface area (Å²) < 4.78 is 0. The zero-order valence-corrected chi connectivity index (χ0v) is 11.0. The Balaban J connectivity index is 1.79. The van der Waals surface area contributed by atoms with Crippen molar-refractivity contribution >= 4 is 17.3 Å². The molecule has 102 valence electrons. The molecule has 1 aliphatic heterocycles. The summed E-state index contributed by atoms with van der Waals surface area (Å²) in [6.07, 6.45) is 2.21. The first-order valence-corrected chi connectivity index (χ1v) is 6.69. The van der Waals surface area contributed by atoms with E-state index < -0.39 is 0 Å². The fraction of sp³-hybridized carbons (Fsp3) is 0.188. The molecule has 0 bridgehead atoms. The Labute approximate surface area is 117 Å². The SMILES string of the molecule is O=C(Nc1ccc2c(c1)NCCC2)c1cccc(O)c1. The molecule has 0 radical (unpaired) electrons. The van der Waals surface area contributed by atoms with Crippen LogP contribution in [0.1, 0.15) is 22.3 Å². The van der Waals surface area contributed by atoms with Crippen molar-refractivity contribution in [3.8, 4) is 5.75 Å². The summed E-state index contributed by atoms with van der Waals surface area (Å²) in [5.41, 5.74) is 3.57. The molecule has 0 unspecified atom stereocenters. The van der Waals surface area contributed by atoms with Crippen LogP contribution in [0.15, 0.2) is 42.5 Å². The van der Waals surface area contributed by atoms with Crippen molar-refractivity contribution in [2.24, 2.45) is 0 Å². The first-order chi connectivity index (χ1) is 9.72. The maximum atomic E-state index is 12.1. The van der Waals surface area contributed by atoms with Crippen molar-refractivity contribution in [3.05, 3.63) is 53.6 Å². The van der Waals surface area contributed by atoms with Gasteiger partial charge in [0.1, 0.15) is 5.75 Å². The quantitative estimate of drug-likeness (QED) is 0.784. The second kappa shape index (κ2) is 5.25. The average Bonchev–Trinajstić information content (AvgIpc) is 2.47. The van der Waals surface area contributed by atoms with Gasteiger partial charge in [0.05, 0.1) is 0 Å². The Bertz CT molecular complexity index is 653. The fourth-order valence-electron chi connectivity index (χ4n) is 2.39. The van der Waals surface area contributed by atoms with Crippen LogP contribution in [0.25, 0.3) is 0 Å². The standard InChI is InChI=1S/C16H16N2O2/c19-14-5-1-3-12(9-14)16(20)18-13-7-6-11-4-2-8-17-15(11)10-13/h1,3,5-7,9-10,17,19H,2,4,8H2,(H,18,20). The number of carbonyl (C=O) groups is 1. The molecule has 4 nitrogen and oxygen atoms in total. The number of phenols is 1. The Morgan fingerprint density at radius 1 is 1.20 bits per heavy atom. The lowest BCUT2D eigenvalue weighted by Gasteiger charge is -2.18. The Hall–Kier alpha value is -2.49. The number of phenolic OH excluding ortho intramolecular Hbond substituents is 1. The van der Waals surface area contributed by atoms with Crippen molar-refractivity contribution in [2.75, 3.05) is 17.2 Å². The minimum atomic E-state index is -0.225. The number of nitrogens with one attached hydrogen (secondary N) is 2. The van der Waals surface area contributed by atoms with Crippen LogP contribution in [0.4, 0.5) is 11.4 Å². The summed E-state index contributed by atoms with van der Waals surface area (Å²) in [5, 5.41) is 15.6. The van der Waals surface area contributed by atoms with Gasteiger partial charge in [0.2, 0.25) is 0 Å². The van der Waals surface area contributed by atoms with E-state index in [0.29, 0.717) is 5.56 Å². The zero-order valence-electron chi connectivity index (χ0n) is 11.0. The second-order valence-electron chi connectivity index (χ2n) is 4.91. The Morgan fingerprint density at radius 2 is 2.10 bits per heavy atom. The first kappa shape index (κ1) is 12.5. The highest BCUT2D eigenvalue weighted by Gasteiger charge is 2.11. The third kappa shape index (κ3) is 2.59. The van der Waals surface area contributed by atoms with Gasteiger partial charge in [-0.15, -0.1) is 0 Å². The third-order valence-electron chi connectivity index (χ3n) is 3.41. The van der Waals surface area contributed by atoms with E-state index in [2.05, 4.69) is 10.6 Å². The summed E-state index contributed by atoms with van der Waals surface area (Å²) in [5.74, 6) is -0.138. The number of hydrogen-bond donors (Lipinski definition) is 3. The average molecular weight is 268 g/mol. The number of fused-ring (bicyclic) bond motifs is 1. The van der Waals surface area contributed by atoms with Crippen LogP contribution in [0, 0.1) is 0 Å². The summed E-state index contributed by atoms with van der Waals surface area (Å²) in [4.78, 5) is 12.1. The van der Waals surface area contributed by atoms with Gasteiger partial charge in [-0.05, 0) is 48.7 Å². The number of aromatic hydroxyl groups is 1. The van der Waals surface area contributed by atoms with Crippen molar-refractivity contribution in [1.82, 2.24) is 0 Å². The molecule has 4 heteroatoms. The summed E-state index contributed by atoms with van der Waals surface area (Å²) in [6.45, 7) is 0.969. The molecular formula is C16H16N2O2. The maximum absolute atomic E-state index is 12.1. The fourth-order valence-corrected chi connectivity index (χ4v) is 2.39. The van der Waals surface area contributed by atoms with Gasteiger partial charge in [-0.2, -0.15) is 0 Å². The number of amides is 1. The highest BCUT2D eigenvalue weighted by Crippen LogP contribution is 2.25. The number of anilines is 2. The van der Waals surface area contributed by atoms with E-state index in [1.165, 1.54) is 11.6 Å². The molecule has 1 heterocycles. The molecule has 1 aliphatic rings. The van der Waals surface area contributed by atoms with Gasteiger partial charge in [0.15, 0.2) is 0 Å². The van der Waals surface area contributed by atoms with E-state index in [9.17, 15) is 9.90 Å². The van der Waals surface area contributed by atoms with Crippen LogP contribution >= 0.6 is 0 Å². The van der Waals surface area contributed by atoms with Gasteiger partial charge in [-0.3, -0.25) is 4.79 Å². The van der Waals surface area contributed by atoms with Gasteiger partial charge in [0, 0.05) is 23.5 Å². The Morgan fingerprint density at radius 3 is 2.95 bits per heavy atom. The molecule has 0 spiro atoms. The van der Waals surface area contributed by atoms with Gasteiger partial charge in [-0.1, -0.05) is 12.1 Å². The van der Waals surface area contributed by atoms with E-state index in [1.54, 1.807) is 18.2 Å². The number of rotatable bonds is 2. The largest absolute Gasteiger partial charge is 0.508 e. The van der Waals surface area contributed by atoms with Gasteiger partial charge < -0.3 is 15.7 Å². The molecule has 20 heavy (non-hydrogen) atoms. The van der Waals surface area contributed by atoms with Crippen LogP contribution in [0.2, 0.25) is 0 Å². The number of aryl methyl sites for hydroxylation is 1. The lowest BCUT2D eigenvalue weighted by atomic mass is 10.0. The van der Waals surface area contributed by atoms with E-state index in [1.807, 2.05) is 18.2 Å². The smallest absolute Gasteiger partial charge is 0.255 e. The molecule has 0 atom stereocenters. The first-order valence-electron chi connectivity index (χ1n) is 6.69. The summed E-state index contributed by atoms with van der Waals surface area (Å²) >= 11 is 0. The molecule has 3 rings (SSSR count). The normalized spacial score (nSPS) is 13.2. The Kier molecular flexibility index (Phi) is 3.29. The minimum Gasteiger partial charge on any atom is -0.508 e. The molecule has 0 aliphatic carbocycles. The van der Waals surface area contributed by atoms with Crippen LogP contribution < -0.4 is 10.6 Å². The molecule has 0 aromatic heterocycles. The maximum Gasteiger partial charge on any atom is 0.255 e. The zero-order chi connectivity index (χ0) is 13.9. The molecule has 2 aromatic rings. The van der Waals surface area contributed by atoms with E-state index in [-0.39, 0.29) is 11.7 Å². The second-order valence-corrected chi connectivity index (χ2v) is 4.91. The van der Waals surface area contributed by atoms with E-state index in [4.69, 9.17) is 0 Å². The number of hydrogen-bond acceptors (Lipinski definition) is 3. The molecule has 0 fully saturated rings. The highest BCUT2D eigenvalue weighted by atomic mass is 16.3. The molecule has 0 saturated heterocycles.